The van der Waals surface area contributed by atoms with Crippen LogP contribution in [0.2, 0.25) is 5.02 Å². The molecule has 0 spiro atoms. The lowest BCUT2D eigenvalue weighted by Crippen LogP contribution is -3.14. The van der Waals surface area contributed by atoms with Crippen molar-refractivity contribution in [1.82, 2.24) is 0 Å². The molecule has 2 aromatic rings. The van der Waals surface area contributed by atoms with Crippen molar-refractivity contribution in [3.05, 3.63) is 59.4 Å². The number of carbonyl (C=O) groups is 2. The Kier molecular flexibility index (Phi) is 6.50. The van der Waals surface area contributed by atoms with E-state index in [1.165, 1.54) is 12.1 Å². The van der Waals surface area contributed by atoms with Gasteiger partial charge in [0, 0.05) is 10.7 Å². The van der Waals surface area contributed by atoms with Crippen molar-refractivity contribution in [3.8, 4) is 0 Å². The Morgan fingerprint density at radius 1 is 1.12 bits per heavy atom. The summed E-state index contributed by atoms with van der Waals surface area (Å²) in [5.41, 5.74) is 0.753. The van der Waals surface area contributed by atoms with Crippen molar-refractivity contribution in [2.75, 3.05) is 24.2 Å². The lowest BCUT2D eigenvalue weighted by atomic mass is 10.2. The molecule has 3 N–H and O–H groups in total. The van der Waals surface area contributed by atoms with E-state index in [0.717, 1.165) is 0 Å². The second-order valence-electron chi connectivity index (χ2n) is 5.77. The van der Waals surface area contributed by atoms with Crippen LogP contribution >= 0.6 is 11.6 Å². The first kappa shape index (κ1) is 18.9. The van der Waals surface area contributed by atoms with Crippen molar-refractivity contribution in [3.63, 3.8) is 0 Å². The number of rotatable bonds is 6. The van der Waals surface area contributed by atoms with E-state index in [4.69, 9.17) is 11.6 Å². The van der Waals surface area contributed by atoms with Gasteiger partial charge in [-0.15, -0.1) is 0 Å². The number of quaternary nitrogens is 1. The average Bonchev–Trinajstić information content (AvgIpc) is 2.58. The summed E-state index contributed by atoms with van der Waals surface area (Å²) in [4.78, 5) is 25.0. The standard InChI is InChI=1S/C18H19ClFN3O2/c1-12(18(25)22-16-6-4-3-5-15(16)20)23(2)11-17(24)21-14-9-7-13(19)8-10-14/h3-10,12H,11H2,1-2H3,(H,21,24)(H,22,25)/p+1/t12-/m1/s1. The molecule has 2 atom stereocenters. The van der Waals surface area contributed by atoms with Crippen molar-refractivity contribution >= 4 is 34.8 Å². The van der Waals surface area contributed by atoms with Gasteiger partial charge in [0.1, 0.15) is 5.82 Å². The van der Waals surface area contributed by atoms with Gasteiger partial charge in [-0.3, -0.25) is 9.59 Å². The average molecular weight is 365 g/mol. The molecule has 0 aromatic heterocycles. The van der Waals surface area contributed by atoms with Gasteiger partial charge in [0.2, 0.25) is 0 Å². The second kappa shape index (κ2) is 8.60. The van der Waals surface area contributed by atoms with Crippen LogP contribution in [0.25, 0.3) is 0 Å². The summed E-state index contributed by atoms with van der Waals surface area (Å²) in [5, 5.41) is 5.86. The molecule has 1 unspecified atom stereocenters. The molecule has 132 valence electrons. The van der Waals surface area contributed by atoms with Crippen LogP contribution < -0.4 is 15.5 Å². The molecular weight excluding hydrogens is 345 g/mol. The zero-order valence-corrected chi connectivity index (χ0v) is 14.7. The number of hydrogen-bond donors (Lipinski definition) is 3. The first-order valence-electron chi connectivity index (χ1n) is 7.80. The maximum atomic E-state index is 13.6. The Morgan fingerprint density at radius 2 is 1.76 bits per heavy atom. The Bertz CT molecular complexity index is 752. The molecule has 0 saturated carbocycles. The predicted octanol–water partition coefficient (Wildman–Crippen LogP) is 1.96. The van der Waals surface area contributed by atoms with Gasteiger partial charge >= 0.3 is 0 Å². The molecule has 0 aliphatic rings. The summed E-state index contributed by atoms with van der Waals surface area (Å²) in [7, 11) is 1.73. The third-order valence-corrected chi connectivity index (χ3v) is 4.08. The maximum absolute atomic E-state index is 13.6. The van der Waals surface area contributed by atoms with Crippen LogP contribution in [0.5, 0.6) is 0 Å². The van der Waals surface area contributed by atoms with E-state index in [2.05, 4.69) is 10.6 Å². The highest BCUT2D eigenvalue weighted by Gasteiger charge is 2.24. The van der Waals surface area contributed by atoms with E-state index in [9.17, 15) is 14.0 Å². The topological polar surface area (TPSA) is 62.6 Å². The number of halogens is 2. The fourth-order valence-electron chi connectivity index (χ4n) is 2.17. The quantitative estimate of drug-likeness (QED) is 0.733. The van der Waals surface area contributed by atoms with E-state index in [0.29, 0.717) is 15.6 Å². The van der Waals surface area contributed by atoms with Crippen LogP contribution in [0, 0.1) is 5.82 Å². The summed E-state index contributed by atoms with van der Waals surface area (Å²) in [6, 6.07) is 12.2. The van der Waals surface area contributed by atoms with E-state index < -0.39 is 11.9 Å². The molecule has 0 bridgehead atoms. The van der Waals surface area contributed by atoms with Crippen molar-refractivity contribution in [2.24, 2.45) is 0 Å². The lowest BCUT2D eigenvalue weighted by Gasteiger charge is -2.20. The fraction of sp³-hybridized carbons (Fsp3) is 0.222. The van der Waals surface area contributed by atoms with Gasteiger partial charge in [0.05, 0.1) is 12.7 Å². The molecule has 2 amide bonds. The smallest absolute Gasteiger partial charge is 0.282 e. The Hall–Kier alpha value is -2.44. The number of para-hydroxylation sites is 1. The first-order chi connectivity index (χ1) is 11.9. The lowest BCUT2D eigenvalue weighted by molar-refractivity contribution is -0.885. The minimum Gasteiger partial charge on any atom is -0.321 e. The molecule has 0 heterocycles. The Balaban J connectivity index is 1.89. The van der Waals surface area contributed by atoms with Gasteiger partial charge in [0.15, 0.2) is 12.6 Å². The first-order valence-corrected chi connectivity index (χ1v) is 8.17. The molecule has 0 aliphatic heterocycles. The molecular formula is C18H20ClFN3O2+. The van der Waals surface area contributed by atoms with E-state index in [1.54, 1.807) is 50.4 Å². The minimum absolute atomic E-state index is 0.0918. The SMILES string of the molecule is C[C@H](C(=O)Nc1ccccc1F)[NH+](C)CC(=O)Nc1ccc(Cl)cc1. The molecule has 2 rings (SSSR count). The monoisotopic (exact) mass is 364 g/mol. The third kappa shape index (κ3) is 5.55. The number of benzene rings is 2. The molecule has 2 aromatic carbocycles. The third-order valence-electron chi connectivity index (χ3n) is 3.83. The van der Waals surface area contributed by atoms with Crippen molar-refractivity contribution < 1.29 is 18.9 Å². The van der Waals surface area contributed by atoms with E-state index >= 15 is 0 Å². The summed E-state index contributed by atoms with van der Waals surface area (Å²) in [5.74, 6) is -1.09. The van der Waals surface area contributed by atoms with E-state index in [-0.39, 0.29) is 24.0 Å². The van der Waals surface area contributed by atoms with Gasteiger partial charge < -0.3 is 15.5 Å². The zero-order chi connectivity index (χ0) is 18.4. The minimum atomic E-state index is -0.532. The number of hydrogen-bond acceptors (Lipinski definition) is 2. The van der Waals surface area contributed by atoms with Gasteiger partial charge in [-0.05, 0) is 43.3 Å². The molecule has 0 saturated heterocycles. The number of amides is 2. The predicted molar refractivity (Wildman–Crippen MR) is 96.3 cm³/mol. The summed E-state index contributed by atoms with van der Waals surface area (Å²) >= 11 is 5.80. The van der Waals surface area contributed by atoms with Crippen LogP contribution in [-0.4, -0.2) is 31.4 Å². The molecule has 7 heteroatoms. The van der Waals surface area contributed by atoms with Gasteiger partial charge in [-0.25, -0.2) is 4.39 Å². The largest absolute Gasteiger partial charge is 0.321 e. The van der Waals surface area contributed by atoms with Crippen LogP contribution in [0.1, 0.15) is 6.92 Å². The molecule has 25 heavy (non-hydrogen) atoms. The number of carbonyl (C=O) groups excluding carboxylic acids is 2. The number of nitrogens with one attached hydrogen (secondary N) is 3. The highest BCUT2D eigenvalue weighted by Crippen LogP contribution is 2.13. The normalized spacial score (nSPS) is 13.0. The molecule has 5 nitrogen and oxygen atoms in total. The van der Waals surface area contributed by atoms with E-state index in [1.807, 2.05) is 0 Å². The van der Waals surface area contributed by atoms with Crippen LogP contribution in [0.15, 0.2) is 48.5 Å². The van der Waals surface area contributed by atoms with Gasteiger partial charge in [-0.2, -0.15) is 0 Å². The Morgan fingerprint density at radius 3 is 2.40 bits per heavy atom. The molecule has 0 fully saturated rings. The fourth-order valence-corrected chi connectivity index (χ4v) is 2.30. The van der Waals surface area contributed by atoms with Crippen molar-refractivity contribution in [2.45, 2.75) is 13.0 Å². The number of anilines is 2. The molecule has 0 aliphatic carbocycles. The van der Waals surface area contributed by atoms with Gasteiger partial charge in [0.25, 0.3) is 11.8 Å². The zero-order valence-electron chi connectivity index (χ0n) is 14.0. The second-order valence-corrected chi connectivity index (χ2v) is 6.21. The maximum Gasteiger partial charge on any atom is 0.282 e. The highest BCUT2D eigenvalue weighted by molar-refractivity contribution is 6.30. The highest BCUT2D eigenvalue weighted by atomic mass is 35.5. The van der Waals surface area contributed by atoms with Crippen LogP contribution in [-0.2, 0) is 9.59 Å². The van der Waals surface area contributed by atoms with Crippen LogP contribution in [0.4, 0.5) is 15.8 Å². The van der Waals surface area contributed by atoms with Gasteiger partial charge in [-0.1, -0.05) is 23.7 Å². The van der Waals surface area contributed by atoms with Crippen molar-refractivity contribution in [1.29, 1.82) is 0 Å². The summed E-state index contributed by atoms with van der Waals surface area (Å²) in [6.45, 7) is 1.77. The summed E-state index contributed by atoms with van der Waals surface area (Å²) in [6.07, 6.45) is 0. The Labute approximate surface area is 150 Å². The summed E-state index contributed by atoms with van der Waals surface area (Å²) < 4.78 is 13.6. The molecule has 0 radical (unpaired) electrons. The number of likely N-dealkylation sites (N-methyl/N-ethyl adjacent to an activating group) is 1. The van der Waals surface area contributed by atoms with Crippen LogP contribution in [0.3, 0.4) is 0 Å².